The largest absolute Gasteiger partial charge is 0.311 e. The van der Waals surface area contributed by atoms with E-state index < -0.39 is 8.07 Å². The number of nitrogens with zero attached hydrogens (tertiary/aromatic N) is 3. The van der Waals surface area contributed by atoms with Gasteiger partial charge in [-0.1, -0.05) is 255 Å². The summed E-state index contributed by atoms with van der Waals surface area (Å²) in [6.45, 7) is 0. The van der Waals surface area contributed by atoms with Gasteiger partial charge < -0.3 is 14.4 Å². The Morgan fingerprint density at radius 2 is 0.466 bits per heavy atom. The molecule has 3 nitrogen and oxygen atoms in total. The van der Waals surface area contributed by atoms with Crippen molar-refractivity contribution < 1.29 is 0 Å². The number of anilines is 6. The van der Waals surface area contributed by atoms with Crippen LogP contribution in [0.4, 0.5) is 34.1 Å². The van der Waals surface area contributed by atoms with Gasteiger partial charge in [0.2, 0.25) is 0 Å². The molecule has 7 aliphatic rings. The molecule has 0 radical (unpaired) electrons. The van der Waals surface area contributed by atoms with E-state index in [4.69, 9.17) is 0 Å². The van der Waals surface area contributed by atoms with Gasteiger partial charge in [0.25, 0.3) is 0 Å². The highest BCUT2D eigenvalue weighted by atomic mass is 28.3. The van der Waals surface area contributed by atoms with Crippen molar-refractivity contribution in [1.29, 1.82) is 0 Å². The van der Waals surface area contributed by atoms with E-state index >= 15 is 0 Å². The van der Waals surface area contributed by atoms with Gasteiger partial charge in [-0.15, -0.1) is 0 Å². The molecule has 0 unspecified atom stereocenters. The number of aromatic nitrogens is 1. The smallest absolute Gasteiger partial charge is 0.179 e. The van der Waals surface area contributed by atoms with Gasteiger partial charge in [-0.2, -0.15) is 0 Å². The summed E-state index contributed by atoms with van der Waals surface area (Å²) in [6, 6.07) is 132. The maximum Gasteiger partial charge on any atom is 0.179 e. The number of rotatable bonds is 8. The Morgan fingerprint density at radius 1 is 0.182 bits per heavy atom. The molecule has 7 aliphatic heterocycles. The molecule has 15 aromatic rings. The number of para-hydroxylation sites is 2. The summed E-state index contributed by atoms with van der Waals surface area (Å²) in [5, 5.41) is 7.87. The maximum absolute atomic E-state index is 2.75. The summed E-state index contributed by atoms with van der Waals surface area (Å²) in [4.78, 5) is 4.78. The van der Waals surface area contributed by atoms with Crippen molar-refractivity contribution in [2.24, 2.45) is 0 Å². The zero-order valence-corrected chi connectivity index (χ0v) is 49.4. The van der Waals surface area contributed by atoms with Gasteiger partial charge in [-0.25, -0.2) is 0 Å². The number of hydrogen-bond acceptors (Lipinski definition) is 2. The standard InChI is InChI=1S/C84H59N3Si/c1-5-19-66(20-6-1)87-83-32-18-17-31-81(83)82-59-65(43-58-84(82)87)60-33-44-67(45-34-60)85-68-46-35-61(36-47-68)77-27-13-15-29-79(77)63-39-50-70(51-40-63)86(71-52-41-64(42-53-71)80-30-16-14-28-78(80)62-37-48-69(85)49-38-62)72-54-56-76(57-55-72)88(73-21-7-2-8-22-73,74-23-9-3-10-24-74)75-25-11-4-12-26-75/h1-59H. The quantitative estimate of drug-likeness (QED) is 0.111. The van der Waals surface area contributed by atoms with Crippen molar-refractivity contribution >= 4 is 84.8 Å². The molecule has 22 rings (SSSR count). The summed E-state index contributed by atoms with van der Waals surface area (Å²) in [7, 11) is -2.75. The average Bonchev–Trinajstić information content (AvgIpc) is 2.08. The van der Waals surface area contributed by atoms with E-state index in [1.54, 1.807) is 0 Å². The van der Waals surface area contributed by atoms with Crippen molar-refractivity contribution in [3.05, 3.63) is 358 Å². The van der Waals surface area contributed by atoms with Gasteiger partial charge in [0.05, 0.1) is 11.0 Å². The molecule has 0 atom stereocenters. The van der Waals surface area contributed by atoms with Crippen LogP contribution in [0.2, 0.25) is 0 Å². The molecular formula is C84H59N3Si. The molecule has 8 bridgehead atoms. The van der Waals surface area contributed by atoms with Crippen LogP contribution in [0.5, 0.6) is 0 Å². The lowest BCUT2D eigenvalue weighted by atomic mass is 9.93. The minimum atomic E-state index is -2.75. The molecule has 0 fully saturated rings. The molecule has 0 N–H and O–H groups in total. The summed E-state index contributed by atoms with van der Waals surface area (Å²) in [5.74, 6) is 0. The highest BCUT2D eigenvalue weighted by molar-refractivity contribution is 7.19. The molecule has 0 amide bonds. The Labute approximate surface area is 515 Å². The predicted molar refractivity (Wildman–Crippen MR) is 375 cm³/mol. The first-order valence-corrected chi connectivity index (χ1v) is 32.3. The van der Waals surface area contributed by atoms with E-state index in [0.29, 0.717) is 0 Å². The van der Waals surface area contributed by atoms with E-state index in [9.17, 15) is 0 Å². The third kappa shape index (κ3) is 9.14. The van der Waals surface area contributed by atoms with Crippen LogP contribution in [0.15, 0.2) is 358 Å². The van der Waals surface area contributed by atoms with Crippen LogP contribution in [-0.2, 0) is 0 Å². The molecular weight excluding hydrogens is 1080 g/mol. The number of hydrogen-bond donors (Lipinski definition) is 0. The predicted octanol–water partition coefficient (Wildman–Crippen LogP) is 19.7. The second kappa shape index (κ2) is 22.3. The zero-order valence-electron chi connectivity index (χ0n) is 48.4. The first-order valence-electron chi connectivity index (χ1n) is 30.3. The fourth-order valence-electron chi connectivity index (χ4n) is 13.8. The summed E-state index contributed by atoms with van der Waals surface area (Å²) < 4.78 is 2.37. The maximum atomic E-state index is 2.40. The summed E-state index contributed by atoms with van der Waals surface area (Å²) in [5.41, 5.74) is 21.7. The van der Waals surface area contributed by atoms with Crippen LogP contribution >= 0.6 is 0 Å². The lowest BCUT2D eigenvalue weighted by molar-refractivity contribution is 1.18. The lowest BCUT2D eigenvalue weighted by Gasteiger charge is -2.35. The molecule has 0 spiro atoms. The Bertz CT molecular complexity index is 4720. The monoisotopic (exact) mass is 1140 g/mol. The Balaban J connectivity index is 0.793. The van der Waals surface area contributed by atoms with E-state index in [1.807, 2.05) is 0 Å². The topological polar surface area (TPSA) is 11.4 Å². The highest BCUT2D eigenvalue weighted by Crippen LogP contribution is 2.44. The van der Waals surface area contributed by atoms with Crippen LogP contribution in [0.25, 0.3) is 83.1 Å². The van der Waals surface area contributed by atoms with Gasteiger partial charge in [0.1, 0.15) is 0 Å². The van der Waals surface area contributed by atoms with Crippen molar-refractivity contribution in [2.45, 2.75) is 0 Å². The molecule has 414 valence electrons. The van der Waals surface area contributed by atoms with E-state index in [1.165, 1.54) is 75.9 Å². The fourth-order valence-corrected chi connectivity index (χ4v) is 18.5. The van der Waals surface area contributed by atoms with E-state index in [0.717, 1.165) is 62.1 Å². The van der Waals surface area contributed by atoms with Crippen molar-refractivity contribution in [3.8, 4) is 61.3 Å². The van der Waals surface area contributed by atoms with Gasteiger partial charge in [0.15, 0.2) is 8.07 Å². The van der Waals surface area contributed by atoms with Gasteiger partial charge in [-0.05, 0) is 180 Å². The third-order valence-corrected chi connectivity index (χ3v) is 22.7. The fraction of sp³-hybridized carbons (Fsp3) is 0. The van der Waals surface area contributed by atoms with Crippen LogP contribution < -0.4 is 30.5 Å². The second-order valence-electron chi connectivity index (χ2n) is 22.8. The Morgan fingerprint density at radius 3 is 0.852 bits per heavy atom. The third-order valence-electron chi connectivity index (χ3n) is 17.9. The SMILES string of the molecule is c1ccc(-n2c3ccccc3c3cc(-c4ccc(N5c6ccc(cc6)-c6ccccc6-c6ccc(cc6)N(c6ccc([Si](c7ccccc7)(c7ccccc7)c7ccccc7)cc6)c6ccc(cc6)-c6ccccc6-c6ccc5cc6)cc4)ccc32)cc1. The number of fused-ring (bicyclic) bond motifs is 3. The first kappa shape index (κ1) is 52.3. The molecule has 1 aromatic heterocycles. The van der Waals surface area contributed by atoms with Crippen LogP contribution in [0, 0.1) is 0 Å². The molecule has 14 aromatic carbocycles. The van der Waals surface area contributed by atoms with Crippen LogP contribution in [-0.4, -0.2) is 12.6 Å². The molecule has 88 heavy (non-hydrogen) atoms. The van der Waals surface area contributed by atoms with Gasteiger partial charge in [0, 0.05) is 50.6 Å². The van der Waals surface area contributed by atoms with Gasteiger partial charge in [-0.3, -0.25) is 0 Å². The minimum absolute atomic E-state index is 1.07. The molecule has 8 heterocycles. The second-order valence-corrected chi connectivity index (χ2v) is 26.6. The first-order chi connectivity index (χ1) is 43.6. The highest BCUT2D eigenvalue weighted by Gasteiger charge is 2.41. The van der Waals surface area contributed by atoms with Crippen molar-refractivity contribution in [3.63, 3.8) is 0 Å². The molecule has 4 heteroatoms. The molecule has 0 saturated heterocycles. The zero-order chi connectivity index (χ0) is 58.4. The van der Waals surface area contributed by atoms with Crippen molar-refractivity contribution in [2.75, 3.05) is 9.80 Å². The summed E-state index contributed by atoms with van der Waals surface area (Å²) in [6.07, 6.45) is 0. The lowest BCUT2D eigenvalue weighted by Crippen LogP contribution is -2.74. The average molecular weight is 1140 g/mol. The van der Waals surface area contributed by atoms with Crippen LogP contribution in [0.1, 0.15) is 0 Å². The Kier molecular flexibility index (Phi) is 13.2. The van der Waals surface area contributed by atoms with Crippen molar-refractivity contribution in [1.82, 2.24) is 4.57 Å². The molecule has 0 aliphatic carbocycles. The van der Waals surface area contributed by atoms with E-state index in [2.05, 4.69) is 372 Å². The molecule has 0 saturated carbocycles. The number of benzene rings is 14. The minimum Gasteiger partial charge on any atom is -0.311 e. The Hall–Kier alpha value is -11.3. The summed E-state index contributed by atoms with van der Waals surface area (Å²) >= 11 is 0. The van der Waals surface area contributed by atoms with Gasteiger partial charge >= 0.3 is 0 Å². The van der Waals surface area contributed by atoms with E-state index in [-0.39, 0.29) is 0 Å². The normalized spacial score (nSPS) is 12.0. The van der Waals surface area contributed by atoms with Crippen LogP contribution in [0.3, 0.4) is 0 Å².